The Hall–Kier alpha value is -3.55. The van der Waals surface area contributed by atoms with E-state index >= 15 is 0 Å². The van der Waals surface area contributed by atoms with Gasteiger partial charge < -0.3 is 4.90 Å². The summed E-state index contributed by atoms with van der Waals surface area (Å²) in [5.41, 5.74) is 3.07. The monoisotopic (exact) mass is 537 g/mol. The number of aromatic nitrogens is 3. The summed E-state index contributed by atoms with van der Waals surface area (Å²) < 4.78 is 28.2. The van der Waals surface area contributed by atoms with E-state index in [2.05, 4.69) is 25.9 Å². The van der Waals surface area contributed by atoms with Crippen LogP contribution in [0.2, 0.25) is 0 Å². The molecular weight excluding hydrogens is 518 g/mol. The summed E-state index contributed by atoms with van der Waals surface area (Å²) in [5.74, 6) is -0.380. The van der Waals surface area contributed by atoms with E-state index in [-0.39, 0.29) is 23.7 Å². The predicted molar refractivity (Wildman–Crippen MR) is 132 cm³/mol. The highest BCUT2D eigenvalue weighted by Gasteiger charge is 2.23. The van der Waals surface area contributed by atoms with E-state index in [1.54, 1.807) is 55.6 Å². The van der Waals surface area contributed by atoms with Crippen LogP contribution in [0.15, 0.2) is 71.6 Å². The lowest BCUT2D eigenvalue weighted by Gasteiger charge is -2.15. The Balaban J connectivity index is 1.73. The van der Waals surface area contributed by atoms with Gasteiger partial charge in [0.2, 0.25) is 10.0 Å². The average Bonchev–Trinajstić information content (AvgIpc) is 3.22. The molecule has 10 heteroatoms. The molecular formula is C24H20BrN5O3S. The van der Waals surface area contributed by atoms with Gasteiger partial charge in [-0.25, -0.2) is 22.4 Å². The first-order valence-electron chi connectivity index (χ1n) is 10.3. The van der Waals surface area contributed by atoms with Crippen molar-refractivity contribution in [1.82, 2.24) is 18.8 Å². The average molecular weight is 538 g/mol. The van der Waals surface area contributed by atoms with E-state index in [0.29, 0.717) is 38.9 Å². The fraction of sp³-hybridized carbons (Fsp3) is 0.167. The first-order chi connectivity index (χ1) is 16.3. The van der Waals surface area contributed by atoms with Crippen molar-refractivity contribution in [2.24, 2.45) is 0 Å². The molecule has 0 spiro atoms. The van der Waals surface area contributed by atoms with E-state index in [4.69, 9.17) is 5.26 Å². The van der Waals surface area contributed by atoms with Gasteiger partial charge in [0.05, 0.1) is 24.4 Å². The molecule has 0 N–H and O–H groups in total. The molecule has 2 aromatic heterocycles. The van der Waals surface area contributed by atoms with Crippen molar-refractivity contribution in [3.63, 3.8) is 0 Å². The Labute approximate surface area is 205 Å². The van der Waals surface area contributed by atoms with Crippen LogP contribution in [-0.4, -0.2) is 46.8 Å². The number of nitriles is 1. The molecule has 0 radical (unpaired) electrons. The molecule has 0 fully saturated rings. The number of fused-ring (bicyclic) bond motifs is 1. The van der Waals surface area contributed by atoms with Gasteiger partial charge in [-0.1, -0.05) is 42.5 Å². The van der Waals surface area contributed by atoms with Crippen molar-refractivity contribution < 1.29 is 13.2 Å². The topological polar surface area (TPSA) is 109 Å². The molecule has 0 saturated carbocycles. The van der Waals surface area contributed by atoms with Gasteiger partial charge in [-0.15, -0.1) is 0 Å². The lowest BCUT2D eigenvalue weighted by molar-refractivity contribution is 0.0798. The molecule has 2 heterocycles. The third-order valence-corrected chi connectivity index (χ3v) is 7.23. The van der Waals surface area contributed by atoms with Gasteiger partial charge in [-0.05, 0) is 39.2 Å². The number of nitrogens with zero attached hydrogens (tertiary/aromatic N) is 5. The smallest absolute Gasteiger partial charge is 0.253 e. The summed E-state index contributed by atoms with van der Waals surface area (Å²) in [6, 6.07) is 17.8. The number of carbonyl (C=O) groups is 1. The molecule has 1 amide bonds. The van der Waals surface area contributed by atoms with Crippen LogP contribution in [0.3, 0.4) is 0 Å². The summed E-state index contributed by atoms with van der Waals surface area (Å²) in [5, 5.41) is 8.73. The third kappa shape index (κ3) is 4.85. The van der Waals surface area contributed by atoms with Gasteiger partial charge in [0.15, 0.2) is 5.65 Å². The van der Waals surface area contributed by atoms with Crippen molar-refractivity contribution in [2.75, 3.05) is 13.6 Å². The standard InChI is InChI=1S/C24H20BrN5O3S/c1-29(13-5-12-26)24(31)19-10-8-18(9-11-19)20-15-30(23-22(20)28-21(25)14-27-23)34(32,33)16-17-6-3-2-4-7-17/h2-4,6-11,14-15H,5,13,16H2,1H3. The maximum absolute atomic E-state index is 13.3. The van der Waals surface area contributed by atoms with Crippen LogP contribution in [0, 0.1) is 11.3 Å². The summed E-state index contributed by atoms with van der Waals surface area (Å²) in [7, 11) is -2.13. The number of carbonyl (C=O) groups excluding carboxylic acids is 1. The summed E-state index contributed by atoms with van der Waals surface area (Å²) in [6.45, 7) is 0.341. The Bertz CT molecular complexity index is 1490. The van der Waals surface area contributed by atoms with E-state index in [1.165, 1.54) is 21.3 Å². The van der Waals surface area contributed by atoms with Crippen LogP contribution in [0.5, 0.6) is 0 Å². The highest BCUT2D eigenvalue weighted by Crippen LogP contribution is 2.31. The first kappa shape index (κ1) is 23.6. The van der Waals surface area contributed by atoms with Crippen LogP contribution >= 0.6 is 15.9 Å². The summed E-state index contributed by atoms with van der Waals surface area (Å²) in [4.78, 5) is 22.9. The Morgan fingerprint density at radius 2 is 1.85 bits per heavy atom. The molecule has 0 aliphatic rings. The maximum atomic E-state index is 13.3. The van der Waals surface area contributed by atoms with Crippen LogP contribution in [-0.2, 0) is 15.8 Å². The molecule has 172 valence electrons. The molecule has 0 bridgehead atoms. The molecule has 0 atom stereocenters. The number of hydrogen-bond donors (Lipinski definition) is 0. The summed E-state index contributed by atoms with van der Waals surface area (Å²) in [6.07, 6.45) is 3.23. The number of hydrogen-bond acceptors (Lipinski definition) is 6. The normalized spacial score (nSPS) is 11.3. The first-order valence-corrected chi connectivity index (χ1v) is 12.7. The molecule has 4 aromatic rings. The van der Waals surface area contributed by atoms with Gasteiger partial charge in [0.25, 0.3) is 5.91 Å². The Morgan fingerprint density at radius 1 is 1.15 bits per heavy atom. The van der Waals surface area contributed by atoms with Crippen molar-refractivity contribution in [3.05, 3.63) is 82.7 Å². The van der Waals surface area contributed by atoms with Crippen molar-refractivity contribution in [2.45, 2.75) is 12.2 Å². The second-order valence-corrected chi connectivity index (χ2v) is 10.3. The van der Waals surface area contributed by atoms with Crippen molar-refractivity contribution in [3.8, 4) is 17.2 Å². The Morgan fingerprint density at radius 3 is 2.53 bits per heavy atom. The fourth-order valence-electron chi connectivity index (χ4n) is 3.55. The zero-order valence-corrected chi connectivity index (χ0v) is 20.6. The minimum Gasteiger partial charge on any atom is -0.341 e. The zero-order valence-electron chi connectivity index (χ0n) is 18.2. The van der Waals surface area contributed by atoms with Gasteiger partial charge in [0.1, 0.15) is 10.1 Å². The predicted octanol–water partition coefficient (Wildman–Crippen LogP) is 4.22. The number of benzene rings is 2. The number of halogens is 1. The number of amides is 1. The van der Waals surface area contributed by atoms with Gasteiger partial charge >= 0.3 is 0 Å². The van der Waals surface area contributed by atoms with Crippen molar-refractivity contribution >= 4 is 43.0 Å². The molecule has 8 nitrogen and oxygen atoms in total. The Kier molecular flexibility index (Phi) is 6.77. The second-order valence-electron chi connectivity index (χ2n) is 7.66. The second kappa shape index (κ2) is 9.75. The molecule has 2 aromatic carbocycles. The van der Waals surface area contributed by atoms with Crippen LogP contribution < -0.4 is 0 Å². The highest BCUT2D eigenvalue weighted by molar-refractivity contribution is 9.10. The SMILES string of the molecule is CN(CCC#N)C(=O)c1ccc(-c2cn(S(=O)(=O)Cc3ccccc3)c3ncc(Br)nc23)cc1. The molecule has 0 unspecified atom stereocenters. The maximum Gasteiger partial charge on any atom is 0.253 e. The van der Waals surface area contributed by atoms with Gasteiger partial charge in [0, 0.05) is 30.9 Å². The van der Waals surface area contributed by atoms with E-state index < -0.39 is 10.0 Å². The van der Waals surface area contributed by atoms with Crippen molar-refractivity contribution in [1.29, 1.82) is 5.26 Å². The number of rotatable bonds is 7. The minimum absolute atomic E-state index is 0.183. The third-order valence-electron chi connectivity index (χ3n) is 5.27. The van der Waals surface area contributed by atoms with Gasteiger partial charge in [-0.2, -0.15) is 5.26 Å². The van der Waals surface area contributed by atoms with Crippen LogP contribution in [0.1, 0.15) is 22.3 Å². The lowest BCUT2D eigenvalue weighted by atomic mass is 10.1. The quantitative estimate of drug-likeness (QED) is 0.349. The largest absolute Gasteiger partial charge is 0.341 e. The van der Waals surface area contributed by atoms with E-state index in [1.807, 2.05) is 12.1 Å². The molecule has 0 aliphatic carbocycles. The van der Waals surface area contributed by atoms with E-state index in [9.17, 15) is 13.2 Å². The highest BCUT2D eigenvalue weighted by atomic mass is 79.9. The lowest BCUT2D eigenvalue weighted by Crippen LogP contribution is -2.27. The summed E-state index contributed by atoms with van der Waals surface area (Å²) >= 11 is 3.31. The molecule has 4 rings (SSSR count). The zero-order chi connectivity index (χ0) is 24.3. The van der Waals surface area contributed by atoms with Crippen LogP contribution in [0.4, 0.5) is 0 Å². The fourth-order valence-corrected chi connectivity index (χ4v) is 5.25. The van der Waals surface area contributed by atoms with Gasteiger partial charge in [-0.3, -0.25) is 4.79 Å². The van der Waals surface area contributed by atoms with E-state index in [0.717, 1.165) is 0 Å². The minimum atomic E-state index is -3.77. The molecule has 34 heavy (non-hydrogen) atoms. The molecule has 0 aliphatic heterocycles. The van der Waals surface area contributed by atoms with Crippen LogP contribution in [0.25, 0.3) is 22.3 Å². The molecule has 0 saturated heterocycles.